The number of hydrogen-bond donors (Lipinski definition) is 0. The lowest BCUT2D eigenvalue weighted by atomic mass is 10.1. The van der Waals surface area contributed by atoms with Gasteiger partial charge in [0.15, 0.2) is 0 Å². The van der Waals surface area contributed by atoms with Gasteiger partial charge in [0, 0.05) is 19.0 Å². The Hall–Kier alpha value is -2.82. The third-order valence-corrected chi connectivity index (χ3v) is 4.43. The van der Waals surface area contributed by atoms with Gasteiger partial charge in [-0.3, -0.25) is 9.36 Å². The van der Waals surface area contributed by atoms with Crippen molar-refractivity contribution < 1.29 is 9.47 Å². The molecule has 1 aliphatic heterocycles. The van der Waals surface area contributed by atoms with Gasteiger partial charge in [0.05, 0.1) is 30.9 Å². The number of methoxy groups -OCH3 is 1. The van der Waals surface area contributed by atoms with Crippen LogP contribution in [-0.2, 0) is 19.4 Å². The van der Waals surface area contributed by atoms with E-state index in [1.807, 2.05) is 6.07 Å². The predicted molar refractivity (Wildman–Crippen MR) is 91.9 cm³/mol. The molecule has 0 saturated heterocycles. The van der Waals surface area contributed by atoms with Crippen molar-refractivity contribution in [1.29, 1.82) is 0 Å². The second-order valence-corrected chi connectivity index (χ2v) is 5.92. The number of fused-ring (bicyclic) bond motifs is 2. The summed E-state index contributed by atoms with van der Waals surface area (Å²) < 4.78 is 12.4. The Morgan fingerprint density at radius 1 is 1.25 bits per heavy atom. The number of benzene rings is 2. The fourth-order valence-corrected chi connectivity index (χ4v) is 3.07. The van der Waals surface area contributed by atoms with Crippen molar-refractivity contribution in [1.82, 2.24) is 9.55 Å². The molecule has 0 atom stereocenters. The normalized spacial score (nSPS) is 12.9. The van der Waals surface area contributed by atoms with Crippen molar-refractivity contribution in [2.45, 2.75) is 19.4 Å². The summed E-state index contributed by atoms with van der Waals surface area (Å²) in [6.45, 7) is 1.36. The summed E-state index contributed by atoms with van der Waals surface area (Å²) >= 11 is 0. The van der Waals surface area contributed by atoms with Gasteiger partial charge in [-0.1, -0.05) is 12.1 Å². The molecule has 0 fully saturated rings. The number of hydrogen-bond acceptors (Lipinski definition) is 4. The van der Waals surface area contributed by atoms with E-state index in [1.165, 1.54) is 11.1 Å². The monoisotopic (exact) mass is 322 g/mol. The van der Waals surface area contributed by atoms with E-state index in [1.54, 1.807) is 36.2 Å². The van der Waals surface area contributed by atoms with Gasteiger partial charge in [-0.05, 0) is 35.7 Å². The third-order valence-electron chi connectivity index (χ3n) is 4.43. The fraction of sp³-hybridized carbons (Fsp3) is 0.263. The maximum Gasteiger partial charge on any atom is 0.261 e. The fourth-order valence-electron chi connectivity index (χ4n) is 3.07. The molecule has 0 bridgehead atoms. The first-order valence-electron chi connectivity index (χ1n) is 8.02. The molecule has 4 rings (SSSR count). The molecule has 0 saturated carbocycles. The molecule has 3 aromatic rings. The third kappa shape index (κ3) is 2.62. The molecular formula is C19H18N2O3. The highest BCUT2D eigenvalue weighted by Gasteiger charge is 2.12. The first kappa shape index (κ1) is 14.8. The van der Waals surface area contributed by atoms with Crippen LogP contribution in [0.3, 0.4) is 0 Å². The second-order valence-electron chi connectivity index (χ2n) is 5.92. The summed E-state index contributed by atoms with van der Waals surface area (Å²) in [5.74, 6) is 1.68. The predicted octanol–water partition coefficient (Wildman–Crippen LogP) is 2.58. The van der Waals surface area contributed by atoms with Gasteiger partial charge < -0.3 is 9.47 Å². The summed E-state index contributed by atoms with van der Waals surface area (Å²) in [5, 5.41) is 0.612. The Labute approximate surface area is 139 Å². The molecule has 5 nitrogen and oxygen atoms in total. The minimum atomic E-state index is -0.0212. The molecule has 0 spiro atoms. The molecule has 0 radical (unpaired) electrons. The Kier molecular flexibility index (Phi) is 3.69. The maximum atomic E-state index is 12.6. The van der Waals surface area contributed by atoms with Crippen molar-refractivity contribution >= 4 is 10.9 Å². The minimum Gasteiger partial charge on any atom is -0.497 e. The molecular weight excluding hydrogens is 304 g/mol. The van der Waals surface area contributed by atoms with Crippen LogP contribution in [-0.4, -0.2) is 23.3 Å². The molecule has 1 aliphatic rings. The lowest BCUT2D eigenvalue weighted by Crippen LogP contribution is -2.21. The molecule has 122 valence electrons. The molecule has 5 heteroatoms. The zero-order valence-electron chi connectivity index (χ0n) is 13.5. The van der Waals surface area contributed by atoms with Crippen LogP contribution in [0.1, 0.15) is 11.1 Å². The van der Waals surface area contributed by atoms with Crippen LogP contribution in [0.25, 0.3) is 10.9 Å². The van der Waals surface area contributed by atoms with E-state index in [2.05, 4.69) is 17.1 Å². The lowest BCUT2D eigenvalue weighted by molar-refractivity contribution is 0.357. The highest BCUT2D eigenvalue weighted by Crippen LogP contribution is 2.26. The van der Waals surface area contributed by atoms with E-state index >= 15 is 0 Å². The van der Waals surface area contributed by atoms with Gasteiger partial charge >= 0.3 is 0 Å². The summed E-state index contributed by atoms with van der Waals surface area (Å²) in [6.07, 6.45) is 3.36. The van der Waals surface area contributed by atoms with Crippen molar-refractivity contribution in [2.75, 3.05) is 13.7 Å². The van der Waals surface area contributed by atoms with Gasteiger partial charge in [-0.25, -0.2) is 4.98 Å². The Morgan fingerprint density at radius 3 is 3.04 bits per heavy atom. The van der Waals surface area contributed by atoms with E-state index in [4.69, 9.17) is 9.47 Å². The minimum absolute atomic E-state index is 0.0212. The molecule has 24 heavy (non-hydrogen) atoms. The maximum absolute atomic E-state index is 12.6. The van der Waals surface area contributed by atoms with E-state index in [0.29, 0.717) is 23.2 Å². The molecule has 2 heterocycles. The highest BCUT2D eigenvalue weighted by atomic mass is 16.5. The van der Waals surface area contributed by atoms with Crippen LogP contribution in [0, 0.1) is 0 Å². The molecule has 0 N–H and O–H groups in total. The second kappa shape index (κ2) is 6.00. The van der Waals surface area contributed by atoms with E-state index < -0.39 is 0 Å². The first-order valence-corrected chi connectivity index (χ1v) is 8.02. The van der Waals surface area contributed by atoms with Crippen molar-refractivity contribution in [3.63, 3.8) is 0 Å². The lowest BCUT2D eigenvalue weighted by Gasteiger charge is -2.08. The molecule has 0 unspecified atom stereocenters. The van der Waals surface area contributed by atoms with Gasteiger partial charge in [0.25, 0.3) is 5.56 Å². The highest BCUT2D eigenvalue weighted by molar-refractivity contribution is 5.78. The number of rotatable bonds is 4. The van der Waals surface area contributed by atoms with Crippen LogP contribution < -0.4 is 15.0 Å². The van der Waals surface area contributed by atoms with Gasteiger partial charge in [0.2, 0.25) is 0 Å². The van der Waals surface area contributed by atoms with E-state index in [0.717, 1.165) is 25.2 Å². The zero-order valence-corrected chi connectivity index (χ0v) is 13.5. The molecule has 2 aromatic carbocycles. The standard InChI is InChI=1S/C19H18N2O3/c1-23-15-3-4-16-17(11-15)20-12-21(19(16)22)8-6-13-2-5-18-14(10-13)7-9-24-18/h2-5,10-12H,6-9H2,1H3. The van der Waals surface area contributed by atoms with Crippen molar-refractivity contribution in [3.05, 3.63) is 64.2 Å². The van der Waals surface area contributed by atoms with Crippen molar-refractivity contribution in [3.8, 4) is 11.5 Å². The van der Waals surface area contributed by atoms with Gasteiger partial charge in [-0.2, -0.15) is 0 Å². The zero-order chi connectivity index (χ0) is 16.5. The first-order chi connectivity index (χ1) is 11.7. The quantitative estimate of drug-likeness (QED) is 0.741. The van der Waals surface area contributed by atoms with Crippen LogP contribution in [0.4, 0.5) is 0 Å². The summed E-state index contributed by atoms with van der Waals surface area (Å²) in [4.78, 5) is 17.0. The van der Waals surface area contributed by atoms with E-state index in [9.17, 15) is 4.79 Å². The number of aromatic nitrogens is 2. The van der Waals surface area contributed by atoms with E-state index in [-0.39, 0.29) is 5.56 Å². The van der Waals surface area contributed by atoms with Crippen molar-refractivity contribution in [2.24, 2.45) is 0 Å². The Morgan fingerprint density at radius 2 is 2.17 bits per heavy atom. The SMILES string of the molecule is COc1ccc2c(=O)n(CCc3ccc4c(c3)CCO4)cnc2c1. The molecule has 0 aliphatic carbocycles. The van der Waals surface area contributed by atoms with Crippen LogP contribution in [0.15, 0.2) is 47.5 Å². The average Bonchev–Trinajstić information content (AvgIpc) is 3.08. The van der Waals surface area contributed by atoms with Gasteiger partial charge in [-0.15, -0.1) is 0 Å². The van der Waals surface area contributed by atoms with Crippen LogP contribution in [0.5, 0.6) is 11.5 Å². The Balaban J connectivity index is 1.58. The molecule has 1 aromatic heterocycles. The Bertz CT molecular complexity index is 962. The number of aryl methyl sites for hydroxylation is 2. The number of nitrogens with zero attached hydrogens (tertiary/aromatic N) is 2. The van der Waals surface area contributed by atoms with Crippen LogP contribution >= 0.6 is 0 Å². The van der Waals surface area contributed by atoms with Gasteiger partial charge in [0.1, 0.15) is 11.5 Å². The largest absolute Gasteiger partial charge is 0.497 e. The summed E-state index contributed by atoms with van der Waals surface area (Å²) in [6, 6.07) is 11.6. The smallest absolute Gasteiger partial charge is 0.261 e. The average molecular weight is 322 g/mol. The van der Waals surface area contributed by atoms with Crippen LogP contribution in [0.2, 0.25) is 0 Å². The number of ether oxygens (including phenoxy) is 2. The summed E-state index contributed by atoms with van der Waals surface area (Å²) in [7, 11) is 1.60. The molecule has 0 amide bonds. The summed E-state index contributed by atoms with van der Waals surface area (Å²) in [5.41, 5.74) is 3.10. The topological polar surface area (TPSA) is 53.4 Å².